The Morgan fingerprint density at radius 1 is 1.38 bits per heavy atom. The van der Waals surface area contributed by atoms with E-state index in [-0.39, 0.29) is 4.90 Å². The number of nitrogens with zero attached hydrogens (tertiary/aromatic N) is 1. The zero-order valence-electron chi connectivity index (χ0n) is 7.79. The SMILES string of the molecule is O=C(O)/C=N/NS(=O)(=O)c1ccc(Cl)cc1. The van der Waals surface area contributed by atoms with Crippen LogP contribution in [0.1, 0.15) is 0 Å². The highest BCUT2D eigenvalue weighted by Crippen LogP contribution is 2.13. The monoisotopic (exact) mass is 262 g/mol. The molecule has 0 amide bonds. The second kappa shape index (κ2) is 4.95. The van der Waals surface area contributed by atoms with E-state index in [2.05, 4.69) is 5.10 Å². The average molecular weight is 263 g/mol. The number of carboxylic acid groups (broad SMARTS) is 1. The van der Waals surface area contributed by atoms with Gasteiger partial charge in [-0.25, -0.2) is 4.79 Å². The quantitative estimate of drug-likeness (QED) is 0.616. The van der Waals surface area contributed by atoms with E-state index < -0.39 is 16.0 Å². The summed E-state index contributed by atoms with van der Waals surface area (Å²) in [6, 6.07) is 5.36. The molecule has 8 heteroatoms. The van der Waals surface area contributed by atoms with Crippen molar-refractivity contribution in [1.82, 2.24) is 4.83 Å². The van der Waals surface area contributed by atoms with Crippen molar-refractivity contribution in [2.45, 2.75) is 4.90 Å². The van der Waals surface area contributed by atoms with Crippen molar-refractivity contribution in [1.29, 1.82) is 0 Å². The van der Waals surface area contributed by atoms with Gasteiger partial charge in [0.15, 0.2) is 0 Å². The number of nitrogens with one attached hydrogen (secondary N) is 1. The maximum atomic E-state index is 11.5. The molecule has 0 aliphatic rings. The minimum atomic E-state index is -3.84. The second-order valence-electron chi connectivity index (χ2n) is 2.65. The smallest absolute Gasteiger partial charge is 0.348 e. The van der Waals surface area contributed by atoms with Crippen LogP contribution >= 0.6 is 11.6 Å². The third kappa shape index (κ3) is 3.52. The molecule has 0 heterocycles. The van der Waals surface area contributed by atoms with Crippen LogP contribution in [0.2, 0.25) is 5.02 Å². The van der Waals surface area contributed by atoms with Crippen LogP contribution in [-0.4, -0.2) is 25.7 Å². The first-order chi connectivity index (χ1) is 7.42. The Balaban J connectivity index is 2.86. The molecule has 0 fully saturated rings. The van der Waals surface area contributed by atoms with Gasteiger partial charge in [-0.05, 0) is 24.3 Å². The van der Waals surface area contributed by atoms with E-state index in [4.69, 9.17) is 16.7 Å². The Morgan fingerprint density at radius 2 is 1.94 bits per heavy atom. The van der Waals surface area contributed by atoms with Gasteiger partial charge < -0.3 is 5.11 Å². The van der Waals surface area contributed by atoms with Gasteiger partial charge in [-0.2, -0.15) is 18.4 Å². The Hall–Kier alpha value is -1.60. The van der Waals surface area contributed by atoms with Crippen LogP contribution in [0.3, 0.4) is 0 Å². The van der Waals surface area contributed by atoms with E-state index in [1.165, 1.54) is 24.3 Å². The predicted molar refractivity (Wildman–Crippen MR) is 57.9 cm³/mol. The summed E-state index contributed by atoms with van der Waals surface area (Å²) in [7, 11) is -3.84. The first-order valence-corrected chi connectivity index (χ1v) is 5.81. The molecule has 0 aliphatic heterocycles. The van der Waals surface area contributed by atoms with Crippen molar-refractivity contribution in [3.63, 3.8) is 0 Å². The van der Waals surface area contributed by atoms with E-state index in [0.29, 0.717) is 11.2 Å². The second-order valence-corrected chi connectivity index (χ2v) is 4.74. The molecule has 6 nitrogen and oxygen atoms in total. The molecule has 2 N–H and O–H groups in total. The highest BCUT2D eigenvalue weighted by atomic mass is 35.5. The van der Waals surface area contributed by atoms with E-state index in [1.807, 2.05) is 0 Å². The zero-order chi connectivity index (χ0) is 12.2. The molecule has 0 spiro atoms. The average Bonchev–Trinajstić information content (AvgIpc) is 2.17. The molecular weight excluding hydrogens is 256 g/mol. The van der Waals surface area contributed by atoms with Crippen molar-refractivity contribution in [2.24, 2.45) is 5.10 Å². The van der Waals surface area contributed by atoms with Crippen molar-refractivity contribution in [2.75, 3.05) is 0 Å². The van der Waals surface area contributed by atoms with Crippen LogP contribution in [-0.2, 0) is 14.8 Å². The Morgan fingerprint density at radius 3 is 2.44 bits per heavy atom. The number of carboxylic acids is 1. The van der Waals surface area contributed by atoms with E-state index in [9.17, 15) is 13.2 Å². The molecule has 16 heavy (non-hydrogen) atoms. The van der Waals surface area contributed by atoms with Gasteiger partial charge >= 0.3 is 5.97 Å². The largest absolute Gasteiger partial charge is 0.477 e. The molecule has 0 saturated carbocycles. The third-order valence-electron chi connectivity index (χ3n) is 1.47. The molecule has 0 unspecified atom stereocenters. The van der Waals surface area contributed by atoms with Crippen molar-refractivity contribution in [3.05, 3.63) is 29.3 Å². The zero-order valence-corrected chi connectivity index (χ0v) is 9.36. The number of hydrogen-bond acceptors (Lipinski definition) is 4. The summed E-state index contributed by atoms with van der Waals surface area (Å²) in [4.78, 5) is 11.8. The maximum absolute atomic E-state index is 11.5. The number of carbonyl (C=O) groups is 1. The lowest BCUT2D eigenvalue weighted by Crippen LogP contribution is -2.19. The molecule has 0 bridgehead atoms. The molecule has 1 aromatic carbocycles. The highest BCUT2D eigenvalue weighted by Gasteiger charge is 2.11. The van der Waals surface area contributed by atoms with Crippen LogP contribution in [0.5, 0.6) is 0 Å². The molecule has 0 aliphatic carbocycles. The van der Waals surface area contributed by atoms with Crippen molar-refractivity contribution in [3.8, 4) is 0 Å². The normalized spacial score (nSPS) is 11.6. The van der Waals surface area contributed by atoms with E-state index in [0.717, 1.165) is 0 Å². The van der Waals surface area contributed by atoms with Crippen molar-refractivity contribution < 1.29 is 18.3 Å². The summed E-state index contributed by atoms with van der Waals surface area (Å²) >= 11 is 5.59. The molecule has 86 valence electrons. The number of sulfonamides is 1. The molecule has 0 saturated heterocycles. The lowest BCUT2D eigenvalue weighted by molar-refractivity contribution is -0.128. The number of aliphatic carboxylic acids is 1. The first kappa shape index (κ1) is 12.5. The van der Waals surface area contributed by atoms with Gasteiger partial charge in [0.05, 0.1) is 4.90 Å². The summed E-state index contributed by atoms with van der Waals surface area (Å²) in [6.07, 6.45) is 0.438. The first-order valence-electron chi connectivity index (χ1n) is 3.95. The standard InChI is InChI=1S/C8H7ClN2O4S/c9-6-1-3-7(4-2-6)16(14,15)11-10-5-8(12)13/h1-5,11H,(H,12,13)/b10-5+. The van der Waals surface area contributed by atoms with Crippen LogP contribution < -0.4 is 4.83 Å². The summed E-state index contributed by atoms with van der Waals surface area (Å²) in [5.74, 6) is -1.35. The molecule has 1 aromatic rings. The Labute approximate surface area is 96.6 Å². The van der Waals surface area contributed by atoms with Gasteiger partial charge in [-0.15, -0.1) is 0 Å². The molecular formula is C8H7ClN2O4S. The fraction of sp³-hybridized carbons (Fsp3) is 0. The topological polar surface area (TPSA) is 95.8 Å². The van der Waals surface area contributed by atoms with Gasteiger partial charge in [-0.1, -0.05) is 11.6 Å². The number of benzene rings is 1. The van der Waals surface area contributed by atoms with E-state index in [1.54, 1.807) is 4.83 Å². The third-order valence-corrected chi connectivity index (χ3v) is 2.96. The summed E-state index contributed by atoms with van der Waals surface area (Å²) in [5, 5.41) is 11.7. The Kier molecular flexibility index (Phi) is 3.86. The number of hydrazone groups is 1. The maximum Gasteiger partial charge on any atom is 0.348 e. The van der Waals surface area contributed by atoms with Gasteiger partial charge in [0.2, 0.25) is 0 Å². The molecule has 0 aromatic heterocycles. The molecule has 1 rings (SSSR count). The fourth-order valence-electron chi connectivity index (χ4n) is 0.817. The number of rotatable bonds is 4. The fourth-order valence-corrected chi connectivity index (χ4v) is 1.73. The van der Waals surface area contributed by atoms with Crippen LogP contribution in [0, 0.1) is 0 Å². The lowest BCUT2D eigenvalue weighted by Gasteiger charge is -2.02. The van der Waals surface area contributed by atoms with Crippen LogP contribution in [0.4, 0.5) is 0 Å². The van der Waals surface area contributed by atoms with Crippen LogP contribution in [0.15, 0.2) is 34.3 Å². The molecule has 0 radical (unpaired) electrons. The summed E-state index contributed by atoms with van der Waals surface area (Å²) in [5.41, 5.74) is 0. The minimum Gasteiger partial charge on any atom is -0.477 e. The van der Waals surface area contributed by atoms with Gasteiger partial charge in [0.1, 0.15) is 6.21 Å². The van der Waals surface area contributed by atoms with Gasteiger partial charge in [0, 0.05) is 5.02 Å². The molecule has 0 atom stereocenters. The van der Waals surface area contributed by atoms with E-state index >= 15 is 0 Å². The van der Waals surface area contributed by atoms with Gasteiger partial charge in [-0.3, -0.25) is 0 Å². The lowest BCUT2D eigenvalue weighted by atomic mass is 10.4. The van der Waals surface area contributed by atoms with Gasteiger partial charge in [0.25, 0.3) is 10.0 Å². The Bertz CT molecular complexity index is 509. The number of hydrogen-bond donors (Lipinski definition) is 2. The van der Waals surface area contributed by atoms with Crippen molar-refractivity contribution >= 4 is 33.8 Å². The minimum absolute atomic E-state index is 0.0561. The summed E-state index contributed by atoms with van der Waals surface area (Å²) < 4.78 is 22.9. The summed E-state index contributed by atoms with van der Waals surface area (Å²) in [6.45, 7) is 0. The highest BCUT2D eigenvalue weighted by molar-refractivity contribution is 7.89. The number of halogens is 1. The van der Waals surface area contributed by atoms with Crippen LogP contribution in [0.25, 0.3) is 0 Å². The predicted octanol–water partition coefficient (Wildman–Crippen LogP) is 0.689.